The van der Waals surface area contributed by atoms with E-state index in [1.165, 1.54) is 10.9 Å². The van der Waals surface area contributed by atoms with Crippen molar-refractivity contribution in [2.24, 2.45) is 0 Å². The van der Waals surface area contributed by atoms with E-state index < -0.39 is 5.97 Å². The molecule has 0 unspecified atom stereocenters. The van der Waals surface area contributed by atoms with Crippen LogP contribution in [0.4, 0.5) is 0 Å². The number of hydrogen-bond acceptors (Lipinski definition) is 4. The number of nitrogens with zero attached hydrogens (tertiary/aromatic N) is 3. The second-order valence-corrected chi connectivity index (χ2v) is 3.50. The van der Waals surface area contributed by atoms with E-state index in [9.17, 15) is 4.79 Å². The normalized spacial score (nSPS) is 9.78. The van der Waals surface area contributed by atoms with Crippen molar-refractivity contribution in [3.8, 4) is 11.8 Å². The minimum absolute atomic E-state index is 0.0446. The minimum Gasteiger partial charge on any atom is -0.461 e. The Labute approximate surface area is 104 Å². The summed E-state index contributed by atoms with van der Waals surface area (Å²) in [6, 6.07) is 11.2. The Morgan fingerprint density at radius 1 is 1.44 bits per heavy atom. The molecule has 0 spiro atoms. The van der Waals surface area contributed by atoms with E-state index in [2.05, 4.69) is 5.10 Å². The van der Waals surface area contributed by atoms with Gasteiger partial charge in [-0.2, -0.15) is 10.4 Å². The summed E-state index contributed by atoms with van der Waals surface area (Å²) < 4.78 is 6.34. The third-order valence-corrected chi connectivity index (χ3v) is 2.32. The molecule has 0 aliphatic heterocycles. The maximum absolute atomic E-state index is 11.6. The van der Waals surface area contributed by atoms with Crippen molar-refractivity contribution in [2.45, 2.75) is 6.92 Å². The lowest BCUT2D eigenvalue weighted by molar-refractivity contribution is 0.0518. The molecule has 2 aromatic rings. The zero-order valence-electron chi connectivity index (χ0n) is 9.83. The summed E-state index contributed by atoms with van der Waals surface area (Å²) in [6.07, 6.45) is 1.52. The van der Waals surface area contributed by atoms with Gasteiger partial charge in [-0.25, -0.2) is 9.48 Å². The lowest BCUT2D eigenvalue weighted by Crippen LogP contribution is -2.08. The highest BCUT2D eigenvalue weighted by Gasteiger charge is 2.18. The van der Waals surface area contributed by atoms with E-state index in [0.29, 0.717) is 0 Å². The lowest BCUT2D eigenvalue weighted by Gasteiger charge is -1.99. The molecular weight excluding hydrogens is 230 g/mol. The number of benzene rings is 1. The molecule has 90 valence electrons. The maximum atomic E-state index is 11.6. The van der Waals surface area contributed by atoms with Crippen LogP contribution in [0.1, 0.15) is 23.0 Å². The fourth-order valence-electron chi connectivity index (χ4n) is 1.52. The van der Waals surface area contributed by atoms with Crippen molar-refractivity contribution in [1.29, 1.82) is 5.26 Å². The predicted octanol–water partition coefficient (Wildman–Crippen LogP) is 1.92. The smallest absolute Gasteiger partial charge is 0.360 e. The summed E-state index contributed by atoms with van der Waals surface area (Å²) in [4.78, 5) is 11.6. The van der Waals surface area contributed by atoms with Crippen molar-refractivity contribution >= 4 is 5.97 Å². The van der Waals surface area contributed by atoms with E-state index >= 15 is 0 Å². The quantitative estimate of drug-likeness (QED) is 0.770. The molecular formula is C13H11N3O2. The van der Waals surface area contributed by atoms with Gasteiger partial charge in [-0.1, -0.05) is 18.2 Å². The first-order valence-electron chi connectivity index (χ1n) is 5.48. The van der Waals surface area contributed by atoms with Gasteiger partial charge >= 0.3 is 5.97 Å². The van der Waals surface area contributed by atoms with Crippen molar-refractivity contribution in [3.63, 3.8) is 0 Å². The summed E-state index contributed by atoms with van der Waals surface area (Å²) >= 11 is 0. The highest BCUT2D eigenvalue weighted by Crippen LogP contribution is 2.12. The molecule has 5 heteroatoms. The molecule has 0 saturated heterocycles. The molecule has 1 aromatic carbocycles. The van der Waals surface area contributed by atoms with Crippen molar-refractivity contribution in [2.75, 3.05) is 6.61 Å². The highest BCUT2D eigenvalue weighted by molar-refractivity contribution is 5.90. The molecule has 0 atom stereocenters. The number of nitriles is 1. The molecule has 0 saturated carbocycles. The first-order chi connectivity index (χ1) is 8.76. The molecule has 0 aliphatic carbocycles. The number of para-hydroxylation sites is 1. The summed E-state index contributed by atoms with van der Waals surface area (Å²) in [5.41, 5.74) is 1.03. The van der Waals surface area contributed by atoms with Crippen molar-refractivity contribution < 1.29 is 9.53 Å². The summed E-state index contributed by atoms with van der Waals surface area (Å²) in [6.45, 7) is 1.96. The number of hydrogen-bond donors (Lipinski definition) is 0. The van der Waals surface area contributed by atoms with Crippen LogP contribution in [0.3, 0.4) is 0 Å². The van der Waals surface area contributed by atoms with Crippen LogP contribution in [0.5, 0.6) is 0 Å². The molecule has 18 heavy (non-hydrogen) atoms. The van der Waals surface area contributed by atoms with Crippen LogP contribution in [-0.2, 0) is 4.74 Å². The average Bonchev–Trinajstić information content (AvgIpc) is 2.84. The van der Waals surface area contributed by atoms with Crippen LogP contribution in [0.15, 0.2) is 36.5 Å². The Kier molecular flexibility index (Phi) is 3.39. The Morgan fingerprint density at radius 2 is 2.17 bits per heavy atom. The molecule has 0 N–H and O–H groups in total. The Balaban J connectivity index is 2.42. The minimum atomic E-state index is -0.580. The number of ether oxygens (including phenoxy) is 1. The van der Waals surface area contributed by atoms with Gasteiger partial charge in [0.2, 0.25) is 0 Å². The van der Waals surface area contributed by atoms with E-state index in [1.54, 1.807) is 6.92 Å². The largest absolute Gasteiger partial charge is 0.461 e. The van der Waals surface area contributed by atoms with Gasteiger partial charge in [-0.3, -0.25) is 0 Å². The van der Waals surface area contributed by atoms with Gasteiger partial charge < -0.3 is 4.74 Å². The van der Waals surface area contributed by atoms with Crippen molar-refractivity contribution in [3.05, 3.63) is 47.8 Å². The van der Waals surface area contributed by atoms with Crippen LogP contribution in [0.25, 0.3) is 5.69 Å². The second kappa shape index (κ2) is 5.15. The molecule has 0 fully saturated rings. The Morgan fingerprint density at radius 3 is 2.78 bits per heavy atom. The topological polar surface area (TPSA) is 67.9 Å². The van der Waals surface area contributed by atoms with Gasteiger partial charge in [0.05, 0.1) is 12.3 Å². The Bertz CT molecular complexity index is 596. The van der Waals surface area contributed by atoms with Gasteiger partial charge in [0.25, 0.3) is 0 Å². The summed E-state index contributed by atoms with van der Waals surface area (Å²) in [5, 5.41) is 13.1. The monoisotopic (exact) mass is 241 g/mol. The molecule has 0 bridgehead atoms. The zero-order chi connectivity index (χ0) is 13.0. The van der Waals surface area contributed by atoms with Gasteiger partial charge in [0.1, 0.15) is 11.6 Å². The standard InChI is InChI=1S/C13H11N3O2/c1-2-18-13(17)12-10(8-14)9-16(15-12)11-6-4-3-5-7-11/h3-7,9H,2H2,1H3. The predicted molar refractivity (Wildman–Crippen MR) is 64.2 cm³/mol. The number of esters is 1. The second-order valence-electron chi connectivity index (χ2n) is 3.50. The van der Waals surface area contributed by atoms with E-state index in [4.69, 9.17) is 10.00 Å². The van der Waals surface area contributed by atoms with Gasteiger partial charge in [0.15, 0.2) is 5.69 Å². The van der Waals surface area contributed by atoms with E-state index in [0.717, 1.165) is 5.69 Å². The molecule has 0 amide bonds. The fourth-order valence-corrected chi connectivity index (χ4v) is 1.52. The van der Waals surface area contributed by atoms with Crippen LogP contribution in [0, 0.1) is 11.3 Å². The molecule has 2 rings (SSSR count). The molecule has 1 aromatic heterocycles. The van der Waals surface area contributed by atoms with E-state index in [-0.39, 0.29) is 17.9 Å². The molecule has 0 radical (unpaired) electrons. The first-order valence-corrected chi connectivity index (χ1v) is 5.48. The Hall–Kier alpha value is -2.61. The number of rotatable bonds is 3. The molecule has 5 nitrogen and oxygen atoms in total. The third-order valence-electron chi connectivity index (χ3n) is 2.32. The van der Waals surface area contributed by atoms with Crippen molar-refractivity contribution in [1.82, 2.24) is 9.78 Å². The van der Waals surface area contributed by atoms with Gasteiger partial charge in [-0.05, 0) is 19.1 Å². The average molecular weight is 241 g/mol. The zero-order valence-corrected chi connectivity index (χ0v) is 9.83. The summed E-state index contributed by atoms with van der Waals surface area (Å²) in [5.74, 6) is -0.580. The molecule has 0 aliphatic rings. The SMILES string of the molecule is CCOC(=O)c1nn(-c2ccccc2)cc1C#N. The number of aromatic nitrogens is 2. The number of carbonyl (C=O) groups is 1. The summed E-state index contributed by atoms with van der Waals surface area (Å²) in [7, 11) is 0. The van der Waals surface area contributed by atoms with E-state index in [1.807, 2.05) is 36.4 Å². The van der Waals surface area contributed by atoms with Crippen LogP contribution < -0.4 is 0 Å². The van der Waals surface area contributed by atoms with Gasteiger partial charge in [-0.15, -0.1) is 0 Å². The maximum Gasteiger partial charge on any atom is 0.360 e. The lowest BCUT2D eigenvalue weighted by atomic mass is 10.3. The van der Waals surface area contributed by atoms with Crippen LogP contribution in [0.2, 0.25) is 0 Å². The first kappa shape index (κ1) is 11.9. The highest BCUT2D eigenvalue weighted by atomic mass is 16.5. The van der Waals surface area contributed by atoms with Gasteiger partial charge in [0, 0.05) is 6.20 Å². The third kappa shape index (κ3) is 2.23. The number of carbonyl (C=O) groups excluding carboxylic acids is 1. The fraction of sp³-hybridized carbons (Fsp3) is 0.154. The molecule has 1 heterocycles. The van der Waals surface area contributed by atoms with Crippen LogP contribution in [-0.4, -0.2) is 22.4 Å². The van der Waals surface area contributed by atoms with Crippen LogP contribution >= 0.6 is 0 Å².